The van der Waals surface area contributed by atoms with Crippen molar-refractivity contribution in [3.63, 3.8) is 0 Å². The van der Waals surface area contributed by atoms with E-state index in [2.05, 4.69) is 173 Å². The monoisotopic (exact) mass is 567 g/mol. The van der Waals surface area contributed by atoms with Crippen LogP contribution in [-0.4, -0.2) is 4.57 Å². The standard InChI is InChI=1S/C43H37N/c1-28-16-12-13-21-32(28)33-24-26-36-39(29(33)2)42(3,30-17-8-6-9-18-30)37-27-25-35-34-22-14-15-23-38(34)44(5)41(35)40(37)43(36,4)31-19-10-7-11-20-31/h6-27H,1-5H3. The first-order valence-corrected chi connectivity index (χ1v) is 15.7. The Morgan fingerprint density at radius 3 is 1.70 bits per heavy atom. The number of hydrogen-bond donors (Lipinski definition) is 0. The summed E-state index contributed by atoms with van der Waals surface area (Å²) in [5.41, 5.74) is 15.3. The van der Waals surface area contributed by atoms with Crippen LogP contribution < -0.4 is 0 Å². The number of aryl methyl sites for hydroxylation is 2. The highest BCUT2D eigenvalue weighted by molar-refractivity contribution is 6.10. The molecule has 214 valence electrons. The Bertz CT molecular complexity index is 2220. The van der Waals surface area contributed by atoms with Gasteiger partial charge < -0.3 is 4.57 Å². The smallest absolute Gasteiger partial charge is 0.0537 e. The van der Waals surface area contributed by atoms with Crippen LogP contribution in [0.1, 0.15) is 58.4 Å². The van der Waals surface area contributed by atoms with Crippen molar-refractivity contribution in [2.24, 2.45) is 7.05 Å². The van der Waals surface area contributed by atoms with Gasteiger partial charge in [0.2, 0.25) is 0 Å². The highest BCUT2D eigenvalue weighted by Crippen LogP contribution is 2.59. The van der Waals surface area contributed by atoms with Crippen molar-refractivity contribution in [3.8, 4) is 11.1 Å². The highest BCUT2D eigenvalue weighted by atomic mass is 14.9. The van der Waals surface area contributed by atoms with Gasteiger partial charge in [-0.2, -0.15) is 0 Å². The number of nitrogens with zero attached hydrogens (tertiary/aromatic N) is 1. The number of benzene rings is 6. The van der Waals surface area contributed by atoms with Crippen LogP contribution in [0, 0.1) is 13.8 Å². The molecule has 6 aromatic carbocycles. The second kappa shape index (κ2) is 9.56. The Hall–Kier alpha value is -4.88. The van der Waals surface area contributed by atoms with E-state index in [4.69, 9.17) is 0 Å². The minimum absolute atomic E-state index is 0.367. The number of hydrogen-bond acceptors (Lipinski definition) is 0. The Morgan fingerprint density at radius 1 is 0.477 bits per heavy atom. The third-order valence-corrected chi connectivity index (χ3v) is 10.7. The second-order valence-corrected chi connectivity index (χ2v) is 12.9. The number of aromatic nitrogens is 1. The van der Waals surface area contributed by atoms with Gasteiger partial charge >= 0.3 is 0 Å². The zero-order valence-corrected chi connectivity index (χ0v) is 26.1. The minimum Gasteiger partial charge on any atom is -0.343 e. The summed E-state index contributed by atoms with van der Waals surface area (Å²) in [5, 5.41) is 2.62. The van der Waals surface area contributed by atoms with E-state index in [1.165, 1.54) is 77.4 Å². The SMILES string of the molecule is Cc1ccccc1-c1ccc2c(c1C)C(C)(c1ccccc1)c1ccc3c4ccccc4n(C)c3c1C2(C)c1ccccc1. The quantitative estimate of drug-likeness (QED) is 0.200. The molecule has 1 aromatic heterocycles. The van der Waals surface area contributed by atoms with Crippen LogP contribution in [0.4, 0.5) is 0 Å². The largest absolute Gasteiger partial charge is 0.343 e. The number of fused-ring (bicyclic) bond motifs is 6. The van der Waals surface area contributed by atoms with Gasteiger partial charge in [0.05, 0.1) is 5.52 Å². The molecule has 0 aliphatic heterocycles. The predicted molar refractivity (Wildman–Crippen MR) is 186 cm³/mol. The van der Waals surface area contributed by atoms with Gasteiger partial charge in [-0.15, -0.1) is 0 Å². The Balaban J connectivity index is 1.60. The lowest BCUT2D eigenvalue weighted by molar-refractivity contribution is 0.567. The van der Waals surface area contributed by atoms with Gasteiger partial charge in [0.25, 0.3) is 0 Å². The topological polar surface area (TPSA) is 4.93 Å². The fraction of sp³-hybridized carbons (Fsp3) is 0.163. The molecular formula is C43H37N. The lowest BCUT2D eigenvalue weighted by Gasteiger charge is -2.49. The lowest BCUT2D eigenvalue weighted by Crippen LogP contribution is -2.42. The molecule has 0 fully saturated rings. The van der Waals surface area contributed by atoms with Crippen LogP contribution in [0.15, 0.2) is 133 Å². The van der Waals surface area contributed by atoms with Gasteiger partial charge in [0.15, 0.2) is 0 Å². The van der Waals surface area contributed by atoms with Crippen molar-refractivity contribution in [2.75, 3.05) is 0 Å². The molecule has 2 unspecified atom stereocenters. The molecule has 0 radical (unpaired) electrons. The molecule has 2 atom stereocenters. The zero-order valence-electron chi connectivity index (χ0n) is 26.1. The first-order valence-electron chi connectivity index (χ1n) is 15.7. The van der Waals surface area contributed by atoms with E-state index in [1.807, 2.05) is 0 Å². The third-order valence-electron chi connectivity index (χ3n) is 10.7. The van der Waals surface area contributed by atoms with Gasteiger partial charge in [0.1, 0.15) is 0 Å². The fourth-order valence-electron chi connectivity index (χ4n) is 8.55. The number of para-hydroxylation sites is 1. The molecule has 7 aromatic rings. The van der Waals surface area contributed by atoms with Crippen LogP contribution >= 0.6 is 0 Å². The fourth-order valence-corrected chi connectivity index (χ4v) is 8.55. The van der Waals surface area contributed by atoms with Crippen molar-refractivity contribution in [3.05, 3.63) is 178 Å². The predicted octanol–water partition coefficient (Wildman–Crippen LogP) is 10.6. The molecule has 1 aliphatic rings. The van der Waals surface area contributed by atoms with Crippen LogP contribution in [0.2, 0.25) is 0 Å². The molecule has 0 spiro atoms. The van der Waals surface area contributed by atoms with Crippen molar-refractivity contribution in [1.82, 2.24) is 4.57 Å². The summed E-state index contributed by atoms with van der Waals surface area (Å²) in [4.78, 5) is 0. The number of rotatable bonds is 3. The van der Waals surface area contributed by atoms with E-state index >= 15 is 0 Å². The summed E-state index contributed by atoms with van der Waals surface area (Å²) in [7, 11) is 2.25. The van der Waals surface area contributed by atoms with Crippen LogP contribution in [-0.2, 0) is 17.9 Å². The van der Waals surface area contributed by atoms with Gasteiger partial charge in [0, 0.05) is 34.2 Å². The molecule has 1 aliphatic carbocycles. The first kappa shape index (κ1) is 26.7. The van der Waals surface area contributed by atoms with Crippen molar-refractivity contribution >= 4 is 21.8 Å². The van der Waals surface area contributed by atoms with E-state index < -0.39 is 0 Å². The Morgan fingerprint density at radius 2 is 1.02 bits per heavy atom. The third kappa shape index (κ3) is 3.41. The van der Waals surface area contributed by atoms with Gasteiger partial charge in [-0.1, -0.05) is 127 Å². The van der Waals surface area contributed by atoms with Crippen LogP contribution in [0.3, 0.4) is 0 Å². The maximum Gasteiger partial charge on any atom is 0.0537 e. The van der Waals surface area contributed by atoms with Gasteiger partial charge in [-0.25, -0.2) is 0 Å². The van der Waals surface area contributed by atoms with Crippen molar-refractivity contribution < 1.29 is 0 Å². The van der Waals surface area contributed by atoms with E-state index in [1.54, 1.807) is 0 Å². The normalized spacial score (nSPS) is 19.2. The Labute approximate surface area is 260 Å². The molecule has 1 heteroatoms. The van der Waals surface area contributed by atoms with E-state index in [0.717, 1.165) is 0 Å². The van der Waals surface area contributed by atoms with Gasteiger partial charge in [-0.3, -0.25) is 0 Å². The molecule has 0 saturated heterocycles. The molecule has 1 nitrogen and oxygen atoms in total. The van der Waals surface area contributed by atoms with E-state index in [0.29, 0.717) is 0 Å². The van der Waals surface area contributed by atoms with Gasteiger partial charge in [-0.05, 0) is 89.4 Å². The summed E-state index contributed by atoms with van der Waals surface area (Å²) >= 11 is 0. The summed E-state index contributed by atoms with van der Waals surface area (Å²) in [6.07, 6.45) is 0. The first-order chi connectivity index (χ1) is 21.4. The van der Waals surface area contributed by atoms with E-state index in [-0.39, 0.29) is 10.8 Å². The molecule has 8 rings (SSSR count). The summed E-state index contributed by atoms with van der Waals surface area (Å²) in [6, 6.07) is 49.7. The highest BCUT2D eigenvalue weighted by Gasteiger charge is 2.50. The minimum atomic E-state index is -0.378. The second-order valence-electron chi connectivity index (χ2n) is 12.9. The maximum absolute atomic E-state index is 2.47. The summed E-state index contributed by atoms with van der Waals surface area (Å²) in [5.74, 6) is 0. The molecule has 0 amide bonds. The molecule has 0 saturated carbocycles. The maximum atomic E-state index is 2.47. The van der Waals surface area contributed by atoms with Crippen molar-refractivity contribution in [2.45, 2.75) is 38.5 Å². The van der Waals surface area contributed by atoms with Crippen molar-refractivity contribution in [1.29, 1.82) is 0 Å². The molecular weight excluding hydrogens is 530 g/mol. The van der Waals surface area contributed by atoms with Crippen LogP contribution in [0.25, 0.3) is 32.9 Å². The lowest BCUT2D eigenvalue weighted by atomic mass is 9.53. The summed E-state index contributed by atoms with van der Waals surface area (Å²) in [6.45, 7) is 9.51. The van der Waals surface area contributed by atoms with E-state index in [9.17, 15) is 0 Å². The molecule has 44 heavy (non-hydrogen) atoms. The zero-order chi connectivity index (χ0) is 30.2. The molecule has 1 heterocycles. The Kier molecular flexibility index (Phi) is 5.81. The average molecular weight is 568 g/mol. The molecule has 0 N–H and O–H groups in total. The molecule has 0 bridgehead atoms. The average Bonchev–Trinajstić information content (AvgIpc) is 3.36. The van der Waals surface area contributed by atoms with Crippen LogP contribution in [0.5, 0.6) is 0 Å². The summed E-state index contributed by atoms with van der Waals surface area (Å²) < 4.78 is 2.44.